The summed E-state index contributed by atoms with van der Waals surface area (Å²) in [7, 11) is 1.42. The lowest BCUT2D eigenvalue weighted by molar-refractivity contribution is -1.09. The van der Waals surface area contributed by atoms with Crippen LogP contribution in [0.5, 0.6) is 0 Å². The number of quaternary nitrogens is 1. The number of rotatable bonds is 3. The molecule has 56 valence electrons. The molecule has 0 aromatic heterocycles. The minimum absolute atomic E-state index is 0.134. The second-order valence-corrected chi connectivity index (χ2v) is 2.73. The van der Waals surface area contributed by atoms with Gasteiger partial charge in [0, 0.05) is 6.42 Å². The average Bonchev–Trinajstić information content (AvgIpc) is 1.86. The summed E-state index contributed by atoms with van der Waals surface area (Å²) >= 11 is 0. The van der Waals surface area contributed by atoms with E-state index in [1.54, 1.807) is 0 Å². The van der Waals surface area contributed by atoms with Gasteiger partial charge >= 0.3 is 0 Å². The SMILES string of the molecule is CCC(C)(C)[NH+]([O-])OC. The molecule has 0 saturated carbocycles. The van der Waals surface area contributed by atoms with Crippen LogP contribution in [0.3, 0.4) is 0 Å². The molecule has 0 spiro atoms. The van der Waals surface area contributed by atoms with Crippen LogP contribution < -0.4 is 5.23 Å². The maximum atomic E-state index is 10.8. The van der Waals surface area contributed by atoms with Crippen molar-refractivity contribution in [2.45, 2.75) is 32.7 Å². The van der Waals surface area contributed by atoms with Gasteiger partial charge in [-0.05, 0) is 13.8 Å². The third-order valence-electron chi connectivity index (χ3n) is 1.62. The predicted molar refractivity (Wildman–Crippen MR) is 35.7 cm³/mol. The quantitative estimate of drug-likeness (QED) is 0.555. The molecule has 1 atom stereocenters. The van der Waals surface area contributed by atoms with Crippen molar-refractivity contribution in [3.8, 4) is 0 Å². The van der Waals surface area contributed by atoms with E-state index in [4.69, 9.17) is 0 Å². The van der Waals surface area contributed by atoms with Gasteiger partial charge in [0.25, 0.3) is 0 Å². The summed E-state index contributed by atoms with van der Waals surface area (Å²) in [5.74, 6) is 0. The van der Waals surface area contributed by atoms with Crippen molar-refractivity contribution >= 4 is 0 Å². The summed E-state index contributed by atoms with van der Waals surface area (Å²) < 4.78 is 0. The first kappa shape index (κ1) is 8.88. The normalized spacial score (nSPS) is 15.7. The largest absolute Gasteiger partial charge is 0.599 e. The van der Waals surface area contributed by atoms with Gasteiger partial charge in [-0.1, -0.05) is 6.92 Å². The van der Waals surface area contributed by atoms with E-state index in [9.17, 15) is 5.21 Å². The minimum atomic E-state index is -0.311. The zero-order valence-electron chi connectivity index (χ0n) is 6.52. The van der Waals surface area contributed by atoms with E-state index in [-0.39, 0.29) is 10.8 Å². The van der Waals surface area contributed by atoms with Crippen molar-refractivity contribution in [3.63, 3.8) is 0 Å². The van der Waals surface area contributed by atoms with Crippen LogP contribution in [0.2, 0.25) is 0 Å². The molecule has 0 heterocycles. The first-order valence-corrected chi connectivity index (χ1v) is 3.13. The molecule has 0 rings (SSSR count). The second kappa shape index (κ2) is 3.15. The molecule has 3 nitrogen and oxygen atoms in total. The summed E-state index contributed by atoms with van der Waals surface area (Å²) in [6.07, 6.45) is 0.819. The van der Waals surface area contributed by atoms with Gasteiger partial charge in [-0.3, -0.25) is 0 Å². The number of nitrogens with one attached hydrogen (secondary N) is 1. The van der Waals surface area contributed by atoms with Crippen LogP contribution in [0.15, 0.2) is 0 Å². The highest BCUT2D eigenvalue weighted by Crippen LogP contribution is 2.00. The maximum Gasteiger partial charge on any atom is 0.121 e. The summed E-state index contributed by atoms with van der Waals surface area (Å²) in [6, 6.07) is 0. The molecule has 0 aliphatic carbocycles. The smallest absolute Gasteiger partial charge is 0.121 e. The first-order valence-electron chi connectivity index (χ1n) is 3.13. The number of hydroxylamine groups is 2. The van der Waals surface area contributed by atoms with Crippen LogP contribution in [0, 0.1) is 5.21 Å². The van der Waals surface area contributed by atoms with Crippen LogP contribution in [-0.4, -0.2) is 12.6 Å². The fourth-order valence-corrected chi connectivity index (χ4v) is 0.421. The van der Waals surface area contributed by atoms with Gasteiger partial charge in [0.2, 0.25) is 0 Å². The van der Waals surface area contributed by atoms with Crippen molar-refractivity contribution in [1.82, 2.24) is 0 Å². The van der Waals surface area contributed by atoms with Gasteiger partial charge in [0.1, 0.15) is 5.54 Å². The van der Waals surface area contributed by atoms with Crippen molar-refractivity contribution in [2.75, 3.05) is 7.11 Å². The molecule has 0 bridgehead atoms. The van der Waals surface area contributed by atoms with Gasteiger partial charge < -0.3 is 5.21 Å². The highest BCUT2D eigenvalue weighted by Gasteiger charge is 2.22. The van der Waals surface area contributed by atoms with Gasteiger partial charge in [-0.25, -0.2) is 10.1 Å². The van der Waals surface area contributed by atoms with Crippen LogP contribution in [0.1, 0.15) is 27.2 Å². The summed E-state index contributed by atoms with van der Waals surface area (Å²) in [4.78, 5) is 4.57. The molecular formula is C6H15NO2. The molecule has 9 heavy (non-hydrogen) atoms. The lowest BCUT2D eigenvalue weighted by Gasteiger charge is -2.33. The molecule has 0 aromatic carbocycles. The molecule has 0 aliphatic rings. The molecule has 1 unspecified atom stereocenters. The summed E-state index contributed by atoms with van der Waals surface area (Å²) in [5.41, 5.74) is -0.311. The van der Waals surface area contributed by atoms with Crippen molar-refractivity contribution < 1.29 is 10.1 Å². The predicted octanol–water partition coefficient (Wildman–Crippen LogP) is 0.119. The summed E-state index contributed by atoms with van der Waals surface area (Å²) in [5, 5.41) is 10.7. The van der Waals surface area contributed by atoms with Crippen molar-refractivity contribution in [2.24, 2.45) is 0 Å². The van der Waals surface area contributed by atoms with Gasteiger partial charge in [-0.15, -0.1) is 0 Å². The Hall–Kier alpha value is -0.120. The third kappa shape index (κ3) is 2.30. The van der Waals surface area contributed by atoms with E-state index >= 15 is 0 Å². The molecule has 0 aliphatic heterocycles. The van der Waals surface area contributed by atoms with Gasteiger partial charge in [0.15, 0.2) is 0 Å². The zero-order chi connectivity index (χ0) is 7.49. The Balaban J connectivity index is 3.80. The Labute approximate surface area is 56.1 Å². The minimum Gasteiger partial charge on any atom is -0.599 e. The summed E-state index contributed by atoms with van der Waals surface area (Å²) in [6.45, 7) is 5.72. The van der Waals surface area contributed by atoms with Crippen LogP contribution in [-0.2, 0) is 4.84 Å². The molecule has 1 N–H and O–H groups in total. The maximum absolute atomic E-state index is 10.8. The fraction of sp³-hybridized carbons (Fsp3) is 1.00. The topological polar surface area (TPSA) is 36.7 Å². The van der Waals surface area contributed by atoms with E-state index in [0.29, 0.717) is 0 Å². The zero-order valence-corrected chi connectivity index (χ0v) is 6.52. The number of hydrogen-bond acceptors (Lipinski definition) is 2. The highest BCUT2D eigenvalue weighted by atomic mass is 16.9. The van der Waals surface area contributed by atoms with Crippen molar-refractivity contribution in [1.29, 1.82) is 0 Å². The lowest BCUT2D eigenvalue weighted by Crippen LogP contribution is -3.14. The molecule has 0 saturated heterocycles. The molecule has 0 radical (unpaired) electrons. The molecule has 0 amide bonds. The van der Waals surface area contributed by atoms with Crippen LogP contribution >= 0.6 is 0 Å². The van der Waals surface area contributed by atoms with E-state index in [2.05, 4.69) is 4.84 Å². The van der Waals surface area contributed by atoms with E-state index in [1.165, 1.54) is 7.11 Å². The Morgan fingerprint density at radius 1 is 1.56 bits per heavy atom. The number of hydrogen-bond donors (Lipinski definition) is 1. The Bertz CT molecular complexity index is 83.1. The fourth-order valence-electron chi connectivity index (χ4n) is 0.421. The van der Waals surface area contributed by atoms with Crippen LogP contribution in [0.4, 0.5) is 0 Å². The lowest BCUT2D eigenvalue weighted by atomic mass is 10.0. The Morgan fingerprint density at radius 2 is 2.00 bits per heavy atom. The monoisotopic (exact) mass is 133 g/mol. The molecule has 0 fully saturated rings. The third-order valence-corrected chi connectivity index (χ3v) is 1.62. The second-order valence-electron chi connectivity index (χ2n) is 2.73. The Morgan fingerprint density at radius 3 is 2.11 bits per heavy atom. The van der Waals surface area contributed by atoms with Crippen LogP contribution in [0.25, 0.3) is 0 Å². The Kier molecular flexibility index (Phi) is 3.11. The molecule has 3 heteroatoms. The molecular weight excluding hydrogens is 118 g/mol. The van der Waals surface area contributed by atoms with E-state index < -0.39 is 0 Å². The first-order chi connectivity index (χ1) is 4.04. The van der Waals surface area contributed by atoms with Gasteiger partial charge in [-0.2, -0.15) is 0 Å². The van der Waals surface area contributed by atoms with Crippen molar-refractivity contribution in [3.05, 3.63) is 5.21 Å². The standard InChI is InChI=1S/C6H15NO2/c1-5-6(2,3)7(8)9-4/h7H,5H2,1-4H3. The molecule has 0 aromatic rings. The van der Waals surface area contributed by atoms with E-state index in [0.717, 1.165) is 6.42 Å². The van der Waals surface area contributed by atoms with E-state index in [1.807, 2.05) is 20.8 Å². The average molecular weight is 133 g/mol. The highest BCUT2D eigenvalue weighted by molar-refractivity contribution is 4.60. The van der Waals surface area contributed by atoms with Gasteiger partial charge in [0.05, 0.1) is 7.11 Å².